The molecule has 1 aliphatic rings. The molecular formula is C24H27N2O3S+. The summed E-state index contributed by atoms with van der Waals surface area (Å²) in [5.74, 6) is 1.35. The molecule has 0 aliphatic carbocycles. The van der Waals surface area contributed by atoms with Crippen LogP contribution in [0.25, 0.3) is 0 Å². The van der Waals surface area contributed by atoms with Gasteiger partial charge in [-0.15, -0.1) is 11.3 Å². The zero-order chi connectivity index (χ0) is 20.6. The highest BCUT2D eigenvalue weighted by Crippen LogP contribution is 2.28. The number of nitrogens with one attached hydrogen (secondary N) is 2. The van der Waals surface area contributed by atoms with Crippen LogP contribution in [0.4, 0.5) is 5.69 Å². The summed E-state index contributed by atoms with van der Waals surface area (Å²) in [7, 11) is 0. The fourth-order valence-corrected chi connectivity index (χ4v) is 4.47. The van der Waals surface area contributed by atoms with Crippen molar-refractivity contribution in [2.75, 3.05) is 25.0 Å². The van der Waals surface area contributed by atoms with Gasteiger partial charge in [-0.3, -0.25) is 4.79 Å². The van der Waals surface area contributed by atoms with Crippen LogP contribution in [-0.2, 0) is 16.1 Å². The average Bonchev–Trinajstić information content (AvgIpc) is 3.45. The number of ether oxygens (including phenoxy) is 2. The summed E-state index contributed by atoms with van der Waals surface area (Å²) in [6, 6.07) is 21.3. The van der Waals surface area contributed by atoms with Crippen molar-refractivity contribution in [1.29, 1.82) is 0 Å². The molecule has 1 saturated heterocycles. The van der Waals surface area contributed by atoms with E-state index in [2.05, 4.69) is 22.8 Å². The summed E-state index contributed by atoms with van der Waals surface area (Å²) in [4.78, 5) is 15.4. The second-order valence-corrected chi connectivity index (χ2v) is 8.51. The van der Waals surface area contributed by atoms with Gasteiger partial charge in [-0.05, 0) is 48.6 Å². The molecular weight excluding hydrogens is 396 g/mol. The van der Waals surface area contributed by atoms with Gasteiger partial charge in [0.15, 0.2) is 12.3 Å². The number of para-hydroxylation sites is 3. The van der Waals surface area contributed by atoms with Crippen molar-refractivity contribution in [3.8, 4) is 11.5 Å². The molecule has 2 aromatic carbocycles. The van der Waals surface area contributed by atoms with E-state index in [1.165, 1.54) is 9.78 Å². The third-order valence-electron chi connectivity index (χ3n) is 5.09. The quantitative estimate of drug-likeness (QED) is 0.551. The minimum atomic E-state index is -0.0244. The lowest BCUT2D eigenvalue weighted by molar-refractivity contribution is -0.908. The Hall–Kier alpha value is -2.67. The maximum Gasteiger partial charge on any atom is 0.279 e. The minimum absolute atomic E-state index is 0.0244. The number of anilines is 1. The average molecular weight is 424 g/mol. The van der Waals surface area contributed by atoms with Gasteiger partial charge in [0, 0.05) is 6.61 Å². The zero-order valence-electron chi connectivity index (χ0n) is 16.9. The van der Waals surface area contributed by atoms with Crippen molar-refractivity contribution in [2.45, 2.75) is 25.5 Å². The van der Waals surface area contributed by atoms with Crippen LogP contribution in [0.5, 0.6) is 11.5 Å². The molecule has 1 aliphatic heterocycles. The van der Waals surface area contributed by atoms with E-state index in [0.717, 1.165) is 38.3 Å². The molecule has 4 rings (SSSR count). The highest BCUT2D eigenvalue weighted by atomic mass is 32.1. The third kappa shape index (κ3) is 5.92. The first-order valence-corrected chi connectivity index (χ1v) is 11.2. The standard InChI is InChI=1S/C24H26N2O3S/c27-24(18-26(16-20-10-6-14-28-20)17-21-11-7-15-30-21)25-22-12-4-5-13-23(22)29-19-8-2-1-3-9-19/h1-5,7-9,11-13,15,20H,6,10,14,16-18H2,(H,25,27)/p+1/t20-/m1/s1. The van der Waals surface area contributed by atoms with Crippen LogP contribution in [0.3, 0.4) is 0 Å². The Balaban J connectivity index is 1.41. The number of hydrogen-bond acceptors (Lipinski definition) is 4. The van der Waals surface area contributed by atoms with E-state index in [1.54, 1.807) is 11.3 Å². The van der Waals surface area contributed by atoms with Gasteiger partial charge < -0.3 is 19.7 Å². The lowest BCUT2D eigenvalue weighted by Crippen LogP contribution is -3.12. The van der Waals surface area contributed by atoms with Crippen molar-refractivity contribution in [3.63, 3.8) is 0 Å². The van der Waals surface area contributed by atoms with Gasteiger partial charge in [-0.25, -0.2) is 0 Å². The van der Waals surface area contributed by atoms with Crippen LogP contribution in [0.15, 0.2) is 72.1 Å². The highest BCUT2D eigenvalue weighted by Gasteiger charge is 2.24. The molecule has 0 bridgehead atoms. The molecule has 0 spiro atoms. The first-order valence-electron chi connectivity index (χ1n) is 10.4. The second kappa shape index (κ2) is 10.4. The predicted octanol–water partition coefficient (Wildman–Crippen LogP) is 3.74. The van der Waals surface area contributed by atoms with Crippen LogP contribution >= 0.6 is 11.3 Å². The van der Waals surface area contributed by atoms with Crippen molar-refractivity contribution in [3.05, 3.63) is 77.0 Å². The molecule has 1 amide bonds. The van der Waals surface area contributed by atoms with E-state index in [-0.39, 0.29) is 12.0 Å². The zero-order valence-corrected chi connectivity index (χ0v) is 17.7. The van der Waals surface area contributed by atoms with Crippen LogP contribution in [0, 0.1) is 0 Å². The number of hydrogen-bond donors (Lipinski definition) is 2. The van der Waals surface area contributed by atoms with Crippen LogP contribution in [0.2, 0.25) is 0 Å². The van der Waals surface area contributed by atoms with E-state index in [1.807, 2.05) is 54.6 Å². The van der Waals surface area contributed by atoms with E-state index in [9.17, 15) is 4.79 Å². The molecule has 2 heterocycles. The normalized spacial score (nSPS) is 16.9. The van der Waals surface area contributed by atoms with Gasteiger partial charge in [0.2, 0.25) is 0 Å². The number of rotatable bonds is 9. The number of thiophene rings is 1. The molecule has 156 valence electrons. The Bertz CT molecular complexity index is 925. The van der Waals surface area contributed by atoms with Crippen LogP contribution < -0.4 is 15.0 Å². The van der Waals surface area contributed by atoms with Gasteiger partial charge in [0.05, 0.1) is 10.6 Å². The van der Waals surface area contributed by atoms with Gasteiger partial charge >= 0.3 is 0 Å². The van der Waals surface area contributed by atoms with Gasteiger partial charge in [0.25, 0.3) is 5.91 Å². The first kappa shape index (κ1) is 20.6. The maximum atomic E-state index is 12.9. The predicted molar refractivity (Wildman–Crippen MR) is 119 cm³/mol. The van der Waals surface area contributed by atoms with Crippen molar-refractivity contribution < 1.29 is 19.2 Å². The van der Waals surface area contributed by atoms with E-state index >= 15 is 0 Å². The lowest BCUT2D eigenvalue weighted by Gasteiger charge is -2.22. The minimum Gasteiger partial charge on any atom is -0.455 e. The Kier molecular flexibility index (Phi) is 7.13. The van der Waals surface area contributed by atoms with E-state index in [4.69, 9.17) is 9.47 Å². The molecule has 5 nitrogen and oxygen atoms in total. The van der Waals surface area contributed by atoms with E-state index in [0.29, 0.717) is 18.0 Å². The number of amides is 1. The SMILES string of the molecule is O=C(C[NH+](Cc1cccs1)C[C@H]1CCCO1)Nc1ccccc1Oc1ccccc1. The molecule has 6 heteroatoms. The van der Waals surface area contributed by atoms with E-state index < -0.39 is 0 Å². The van der Waals surface area contributed by atoms with Gasteiger partial charge in [-0.2, -0.15) is 0 Å². The third-order valence-corrected chi connectivity index (χ3v) is 5.96. The summed E-state index contributed by atoms with van der Waals surface area (Å²) in [6.07, 6.45) is 2.41. The molecule has 1 aromatic heterocycles. The molecule has 2 N–H and O–H groups in total. The topological polar surface area (TPSA) is 52.0 Å². The van der Waals surface area contributed by atoms with Gasteiger partial charge in [0.1, 0.15) is 24.9 Å². The van der Waals surface area contributed by atoms with Crippen LogP contribution in [0.1, 0.15) is 17.7 Å². The van der Waals surface area contributed by atoms with Crippen molar-refractivity contribution >= 4 is 22.9 Å². The molecule has 1 fully saturated rings. The fraction of sp³-hybridized carbons (Fsp3) is 0.292. The monoisotopic (exact) mass is 423 g/mol. The smallest absolute Gasteiger partial charge is 0.279 e. The first-order chi connectivity index (χ1) is 14.8. The lowest BCUT2D eigenvalue weighted by atomic mass is 10.2. The largest absolute Gasteiger partial charge is 0.455 e. The summed E-state index contributed by atoms with van der Waals surface area (Å²) >= 11 is 1.73. The number of carbonyl (C=O) groups is 1. The highest BCUT2D eigenvalue weighted by molar-refractivity contribution is 7.09. The Morgan fingerprint density at radius 2 is 1.93 bits per heavy atom. The Labute approximate surface area is 181 Å². The molecule has 30 heavy (non-hydrogen) atoms. The Morgan fingerprint density at radius 1 is 1.10 bits per heavy atom. The summed E-state index contributed by atoms with van der Waals surface area (Å²) in [5.41, 5.74) is 0.680. The van der Waals surface area contributed by atoms with Crippen molar-refractivity contribution in [1.82, 2.24) is 0 Å². The summed E-state index contributed by atoms with van der Waals surface area (Å²) < 4.78 is 11.8. The summed E-state index contributed by atoms with van der Waals surface area (Å²) in [6.45, 7) is 2.88. The maximum absolute atomic E-state index is 12.9. The Morgan fingerprint density at radius 3 is 2.70 bits per heavy atom. The summed E-state index contributed by atoms with van der Waals surface area (Å²) in [5, 5.41) is 5.12. The molecule has 0 radical (unpaired) electrons. The molecule has 1 unspecified atom stereocenters. The number of benzene rings is 2. The number of carbonyl (C=O) groups excluding carboxylic acids is 1. The van der Waals surface area contributed by atoms with Crippen LogP contribution in [-0.4, -0.2) is 31.7 Å². The fourth-order valence-electron chi connectivity index (χ4n) is 3.69. The van der Waals surface area contributed by atoms with Crippen molar-refractivity contribution in [2.24, 2.45) is 0 Å². The second-order valence-electron chi connectivity index (χ2n) is 7.48. The van der Waals surface area contributed by atoms with Gasteiger partial charge in [-0.1, -0.05) is 36.4 Å². The molecule has 2 atom stereocenters. The molecule has 0 saturated carbocycles. The number of quaternary nitrogens is 1. The molecule has 3 aromatic rings.